The van der Waals surface area contributed by atoms with E-state index in [-0.39, 0.29) is 13.2 Å². The fourth-order valence-electron chi connectivity index (χ4n) is 4.45. The van der Waals surface area contributed by atoms with Crippen molar-refractivity contribution in [1.82, 2.24) is 14.2 Å². The minimum Gasteiger partial charge on any atom is -0.394 e. The Balaban J connectivity index is 1.45. The molecule has 1 saturated heterocycles. The second kappa shape index (κ2) is 13.1. The van der Waals surface area contributed by atoms with Crippen LogP contribution in [0.1, 0.15) is 12.6 Å². The van der Waals surface area contributed by atoms with Crippen molar-refractivity contribution >= 4 is 34.0 Å². The number of benzene rings is 2. The lowest BCUT2D eigenvalue weighted by Crippen LogP contribution is -2.38. The number of allylic oxidation sites excluding steroid dienone is 2. The second-order valence-corrected chi connectivity index (χ2v) is 10.1. The molecule has 196 valence electrons. The average molecular weight is 522 g/mol. The Morgan fingerprint density at radius 2 is 1.89 bits per heavy atom. The van der Waals surface area contributed by atoms with E-state index in [1.54, 1.807) is 0 Å². The van der Waals surface area contributed by atoms with Crippen molar-refractivity contribution in [2.45, 2.75) is 13.0 Å². The molecular weight excluding hydrogens is 486 g/mol. The van der Waals surface area contributed by atoms with Crippen molar-refractivity contribution < 1.29 is 14.9 Å². The number of hydrogen-bond acceptors (Lipinski definition) is 8. The highest BCUT2D eigenvalue weighted by atomic mass is 32.2. The zero-order valence-electron chi connectivity index (χ0n) is 21.4. The van der Waals surface area contributed by atoms with E-state index >= 15 is 0 Å². The van der Waals surface area contributed by atoms with E-state index in [2.05, 4.69) is 68.0 Å². The van der Waals surface area contributed by atoms with Crippen molar-refractivity contribution in [3.8, 4) is 17.3 Å². The van der Waals surface area contributed by atoms with E-state index < -0.39 is 6.10 Å². The number of morpholine rings is 1. The predicted molar refractivity (Wildman–Crippen MR) is 151 cm³/mol. The van der Waals surface area contributed by atoms with Gasteiger partial charge in [-0.3, -0.25) is 9.62 Å². The van der Waals surface area contributed by atoms with Crippen LogP contribution >= 0.6 is 11.9 Å². The lowest BCUT2D eigenvalue weighted by Gasteiger charge is -2.26. The number of nitriles is 1. The minimum absolute atomic E-state index is 0.195. The first kappa shape index (κ1) is 27.2. The summed E-state index contributed by atoms with van der Waals surface area (Å²) in [6.45, 7) is 7.35. The zero-order chi connectivity index (χ0) is 26.2. The second-order valence-electron chi connectivity index (χ2n) is 9.17. The van der Waals surface area contributed by atoms with Gasteiger partial charge in [0, 0.05) is 56.8 Å². The molecule has 1 aliphatic rings. The van der Waals surface area contributed by atoms with Gasteiger partial charge in [-0.1, -0.05) is 18.2 Å². The fourth-order valence-corrected chi connectivity index (χ4v) is 5.17. The molecule has 1 unspecified atom stereocenters. The third-order valence-electron chi connectivity index (χ3n) is 6.65. The molecule has 2 aromatic carbocycles. The Morgan fingerprint density at radius 3 is 2.65 bits per heavy atom. The smallest absolute Gasteiger partial charge is 0.108 e. The van der Waals surface area contributed by atoms with Crippen LogP contribution in [0.5, 0.6) is 0 Å². The quantitative estimate of drug-likeness (QED) is 0.225. The maximum Gasteiger partial charge on any atom is 0.108 e. The summed E-state index contributed by atoms with van der Waals surface area (Å²) in [6.07, 6.45) is -0.857. The molecule has 4 rings (SSSR count). The number of aliphatic hydroxyl groups is 2. The van der Waals surface area contributed by atoms with Gasteiger partial charge in [0.25, 0.3) is 0 Å². The summed E-state index contributed by atoms with van der Waals surface area (Å²) in [4.78, 5) is 2.94. The van der Waals surface area contributed by atoms with Gasteiger partial charge in [-0.15, -0.1) is 0 Å². The van der Waals surface area contributed by atoms with Gasteiger partial charge in [-0.25, -0.2) is 0 Å². The first-order valence-corrected chi connectivity index (χ1v) is 13.4. The number of nitrogens with zero attached hydrogens (tertiary/aromatic N) is 3. The van der Waals surface area contributed by atoms with Crippen LogP contribution in [0.25, 0.3) is 27.6 Å². The summed E-state index contributed by atoms with van der Waals surface area (Å²) in [6, 6.07) is 19.3. The monoisotopic (exact) mass is 521 g/mol. The summed E-state index contributed by atoms with van der Waals surface area (Å²) in [5.74, 6) is 0. The Labute approximate surface area is 222 Å². The summed E-state index contributed by atoms with van der Waals surface area (Å²) in [5.41, 5.74) is 5.09. The number of aromatic nitrogens is 1. The molecule has 1 atom stereocenters. The highest BCUT2D eigenvalue weighted by Crippen LogP contribution is 2.31. The largest absolute Gasteiger partial charge is 0.394 e. The summed E-state index contributed by atoms with van der Waals surface area (Å²) >= 11 is 1.17. The maximum absolute atomic E-state index is 9.65. The van der Waals surface area contributed by atoms with Crippen LogP contribution in [0, 0.1) is 11.3 Å². The Morgan fingerprint density at radius 1 is 1.14 bits per heavy atom. The van der Waals surface area contributed by atoms with Gasteiger partial charge in [0.1, 0.15) is 11.0 Å². The number of ether oxygens (including phenoxy) is 1. The SMILES string of the molecule is C/C(=C(/C#N)SNCC(O)CO)c1ccc(-c2ccc3cc(NCCN4CCOCC4)ccc3c2)n1C. The molecule has 2 heterocycles. The third-order valence-corrected chi connectivity index (χ3v) is 7.56. The summed E-state index contributed by atoms with van der Waals surface area (Å²) in [7, 11) is 2.00. The molecule has 0 amide bonds. The van der Waals surface area contributed by atoms with Crippen LogP contribution in [0.3, 0.4) is 0 Å². The Hall–Kier alpha value is -2.84. The van der Waals surface area contributed by atoms with Gasteiger partial charge in [0.05, 0.1) is 25.9 Å². The van der Waals surface area contributed by atoms with Gasteiger partial charge >= 0.3 is 0 Å². The molecule has 0 bridgehead atoms. The van der Waals surface area contributed by atoms with Gasteiger partial charge in [-0.05, 0) is 71.1 Å². The maximum atomic E-state index is 9.65. The van der Waals surface area contributed by atoms with Crippen LogP contribution in [-0.4, -0.2) is 78.3 Å². The van der Waals surface area contributed by atoms with Gasteiger partial charge in [-0.2, -0.15) is 5.26 Å². The molecule has 8 nitrogen and oxygen atoms in total. The third kappa shape index (κ3) is 6.93. The lowest BCUT2D eigenvalue weighted by molar-refractivity contribution is 0.0398. The van der Waals surface area contributed by atoms with Crippen molar-refractivity contribution in [2.75, 3.05) is 57.9 Å². The molecule has 0 spiro atoms. The molecule has 9 heteroatoms. The topological polar surface area (TPSA) is 106 Å². The van der Waals surface area contributed by atoms with Crippen LogP contribution in [0.4, 0.5) is 5.69 Å². The first-order valence-electron chi connectivity index (χ1n) is 12.5. The number of fused-ring (bicyclic) bond motifs is 1. The van der Waals surface area contributed by atoms with Crippen molar-refractivity contribution in [3.05, 3.63) is 59.1 Å². The van der Waals surface area contributed by atoms with Crippen LogP contribution in [0.15, 0.2) is 53.4 Å². The predicted octanol–water partition coefficient (Wildman–Crippen LogP) is 3.43. The van der Waals surface area contributed by atoms with E-state index in [1.807, 2.05) is 20.0 Å². The molecule has 0 aliphatic carbocycles. The molecule has 1 aromatic heterocycles. The molecule has 3 aromatic rings. The summed E-state index contributed by atoms with van der Waals surface area (Å²) in [5, 5.41) is 34.0. The van der Waals surface area contributed by atoms with Crippen molar-refractivity contribution in [1.29, 1.82) is 5.26 Å². The van der Waals surface area contributed by atoms with E-state index in [4.69, 9.17) is 9.84 Å². The van der Waals surface area contributed by atoms with Gasteiger partial charge < -0.3 is 24.8 Å². The van der Waals surface area contributed by atoms with Gasteiger partial charge in [0.2, 0.25) is 0 Å². The Kier molecular flexibility index (Phi) is 9.63. The number of anilines is 1. The van der Waals surface area contributed by atoms with E-state index in [9.17, 15) is 10.4 Å². The number of aliphatic hydroxyl groups excluding tert-OH is 2. The highest BCUT2D eigenvalue weighted by molar-refractivity contribution is 8.01. The average Bonchev–Trinajstić information content (AvgIpc) is 3.32. The molecule has 1 aliphatic heterocycles. The number of rotatable bonds is 11. The van der Waals surface area contributed by atoms with Crippen molar-refractivity contribution in [3.63, 3.8) is 0 Å². The van der Waals surface area contributed by atoms with Crippen LogP contribution < -0.4 is 10.0 Å². The molecule has 0 saturated carbocycles. The first-order chi connectivity index (χ1) is 18.0. The number of nitrogens with one attached hydrogen (secondary N) is 2. The Bertz CT molecular complexity index is 1280. The van der Waals surface area contributed by atoms with Crippen LogP contribution in [-0.2, 0) is 11.8 Å². The van der Waals surface area contributed by atoms with Crippen molar-refractivity contribution in [2.24, 2.45) is 7.05 Å². The molecule has 1 fully saturated rings. The normalized spacial score (nSPS) is 15.9. The minimum atomic E-state index is -0.857. The summed E-state index contributed by atoms with van der Waals surface area (Å²) < 4.78 is 10.5. The highest BCUT2D eigenvalue weighted by Gasteiger charge is 2.14. The molecule has 0 radical (unpaired) electrons. The van der Waals surface area contributed by atoms with E-state index in [0.29, 0.717) is 4.91 Å². The standard InChI is InChI=1S/C28H35N5O3S/c1-20(28(17-29)37-31-18-25(35)19-34)26-7-8-27(32(26)2)23-4-3-22-16-24(6-5-21(22)15-23)30-9-10-33-11-13-36-14-12-33/h3-8,15-16,25,30-31,34-35H,9-14,18-19H2,1-2H3/b28-20+. The molecule has 4 N–H and O–H groups in total. The van der Waals surface area contributed by atoms with Gasteiger partial charge in [0.15, 0.2) is 0 Å². The molecular formula is C28H35N5O3S. The lowest BCUT2D eigenvalue weighted by atomic mass is 10.0. The van der Waals surface area contributed by atoms with Crippen LogP contribution in [0.2, 0.25) is 0 Å². The number of hydrogen-bond donors (Lipinski definition) is 4. The molecule has 37 heavy (non-hydrogen) atoms. The van der Waals surface area contributed by atoms with E-state index in [0.717, 1.165) is 67.6 Å². The fraction of sp³-hybridized carbons (Fsp3) is 0.393. The zero-order valence-corrected chi connectivity index (χ0v) is 22.2. The van der Waals surface area contributed by atoms with E-state index in [1.165, 1.54) is 22.7 Å².